The molecule has 0 saturated carbocycles. The number of hydrogen-bond acceptors (Lipinski definition) is 6. The lowest BCUT2D eigenvalue weighted by molar-refractivity contribution is -0.131. The van der Waals surface area contributed by atoms with Gasteiger partial charge in [-0.2, -0.15) is 0 Å². The number of anilines is 1. The fourth-order valence-corrected chi connectivity index (χ4v) is 5.75. The Kier molecular flexibility index (Phi) is 8.45. The summed E-state index contributed by atoms with van der Waals surface area (Å²) in [7, 11) is 3.35. The van der Waals surface area contributed by atoms with Crippen LogP contribution in [0.1, 0.15) is 29.2 Å². The maximum absolute atomic E-state index is 13.9. The maximum Gasteiger partial charge on any atom is 0.223 e. The average Bonchev–Trinajstić information content (AvgIpc) is 3.51. The van der Waals surface area contributed by atoms with E-state index in [0.717, 1.165) is 52.7 Å². The van der Waals surface area contributed by atoms with Gasteiger partial charge >= 0.3 is 0 Å². The van der Waals surface area contributed by atoms with Crippen LogP contribution in [0.25, 0.3) is 5.65 Å². The van der Waals surface area contributed by atoms with Crippen molar-refractivity contribution in [1.29, 1.82) is 0 Å². The molecule has 6 rings (SSSR count). The van der Waals surface area contributed by atoms with Crippen molar-refractivity contribution in [3.8, 4) is 17.2 Å². The number of methoxy groups -OCH3 is 2. The summed E-state index contributed by atoms with van der Waals surface area (Å²) in [5.74, 6) is 2.18. The molecule has 1 unspecified atom stereocenters. The van der Waals surface area contributed by atoms with Crippen LogP contribution in [0.3, 0.4) is 0 Å². The highest BCUT2D eigenvalue weighted by molar-refractivity contribution is 5.78. The van der Waals surface area contributed by atoms with Crippen LogP contribution in [0.2, 0.25) is 0 Å². The molecule has 0 radical (unpaired) electrons. The van der Waals surface area contributed by atoms with Crippen LogP contribution in [0.4, 0.5) is 5.69 Å². The predicted molar refractivity (Wildman–Crippen MR) is 167 cm³/mol. The summed E-state index contributed by atoms with van der Waals surface area (Å²) >= 11 is 0. The first-order chi connectivity index (χ1) is 21.1. The van der Waals surface area contributed by atoms with Crippen LogP contribution >= 0.6 is 0 Å². The highest BCUT2D eigenvalue weighted by Crippen LogP contribution is 2.34. The fraction of sp³-hybridized carbons (Fsp3) is 0.257. The highest BCUT2D eigenvalue weighted by Gasteiger charge is 2.28. The summed E-state index contributed by atoms with van der Waals surface area (Å²) in [6.45, 7) is 3.22. The number of benzene rings is 3. The zero-order chi connectivity index (χ0) is 29.6. The normalized spacial score (nSPS) is 14.0. The van der Waals surface area contributed by atoms with Gasteiger partial charge < -0.3 is 28.4 Å². The van der Waals surface area contributed by atoms with Crippen molar-refractivity contribution >= 4 is 17.2 Å². The van der Waals surface area contributed by atoms with Crippen LogP contribution < -0.4 is 19.1 Å². The van der Waals surface area contributed by atoms with Gasteiger partial charge in [-0.05, 0) is 47.5 Å². The lowest BCUT2D eigenvalue weighted by Gasteiger charge is -2.37. The van der Waals surface area contributed by atoms with E-state index >= 15 is 0 Å². The molecule has 2 aromatic heterocycles. The molecule has 0 bridgehead atoms. The Morgan fingerprint density at radius 1 is 0.837 bits per heavy atom. The van der Waals surface area contributed by atoms with Crippen molar-refractivity contribution in [3.63, 3.8) is 0 Å². The molecule has 220 valence electrons. The Hall–Kier alpha value is -4.98. The first kappa shape index (κ1) is 28.2. The number of aromatic nitrogens is 2. The second-order valence-electron chi connectivity index (χ2n) is 10.6. The smallest absolute Gasteiger partial charge is 0.223 e. The number of rotatable bonds is 10. The molecule has 8 heteroatoms. The van der Waals surface area contributed by atoms with Gasteiger partial charge in [-0.25, -0.2) is 4.98 Å². The van der Waals surface area contributed by atoms with Crippen molar-refractivity contribution in [2.24, 2.45) is 0 Å². The number of fused-ring (bicyclic) bond motifs is 1. The summed E-state index contributed by atoms with van der Waals surface area (Å²) in [5, 5.41) is 0. The van der Waals surface area contributed by atoms with E-state index in [-0.39, 0.29) is 11.8 Å². The largest absolute Gasteiger partial charge is 0.497 e. The van der Waals surface area contributed by atoms with Gasteiger partial charge in [0.05, 0.1) is 25.6 Å². The molecule has 0 N–H and O–H groups in total. The van der Waals surface area contributed by atoms with Gasteiger partial charge in [0, 0.05) is 50.9 Å². The Bertz CT molecular complexity index is 1680. The molecule has 0 spiro atoms. The quantitative estimate of drug-likeness (QED) is 0.209. The van der Waals surface area contributed by atoms with Gasteiger partial charge in [-0.1, -0.05) is 54.6 Å². The van der Waals surface area contributed by atoms with Crippen molar-refractivity contribution in [2.45, 2.75) is 18.9 Å². The lowest BCUT2D eigenvalue weighted by Crippen LogP contribution is -2.49. The van der Waals surface area contributed by atoms with Gasteiger partial charge in [0.1, 0.15) is 18.1 Å². The molecular formula is C35H36N4O4. The third-order valence-electron chi connectivity index (χ3n) is 8.06. The molecule has 43 heavy (non-hydrogen) atoms. The molecule has 0 aliphatic carbocycles. The van der Waals surface area contributed by atoms with Crippen molar-refractivity contribution in [3.05, 3.63) is 120 Å². The van der Waals surface area contributed by atoms with Gasteiger partial charge in [0.25, 0.3) is 0 Å². The molecule has 3 aromatic carbocycles. The van der Waals surface area contributed by atoms with Crippen LogP contribution in [0.15, 0.2) is 103 Å². The molecule has 1 saturated heterocycles. The number of imidazole rings is 1. The summed E-state index contributed by atoms with van der Waals surface area (Å²) in [4.78, 5) is 22.9. The number of para-hydroxylation sites is 2. The number of pyridine rings is 1. The minimum Gasteiger partial charge on any atom is -0.497 e. The second kappa shape index (κ2) is 12.9. The van der Waals surface area contributed by atoms with E-state index in [1.807, 2.05) is 101 Å². The molecule has 8 nitrogen and oxygen atoms in total. The van der Waals surface area contributed by atoms with Crippen LogP contribution in [-0.2, 0) is 11.4 Å². The highest BCUT2D eigenvalue weighted by atomic mass is 16.5. The van der Waals surface area contributed by atoms with Gasteiger partial charge in [0.2, 0.25) is 5.91 Å². The van der Waals surface area contributed by atoms with E-state index < -0.39 is 0 Å². The molecule has 1 amide bonds. The number of hydrogen-bond donors (Lipinski definition) is 0. The zero-order valence-electron chi connectivity index (χ0n) is 24.6. The summed E-state index contributed by atoms with van der Waals surface area (Å²) in [6, 6.07) is 29.9. The van der Waals surface area contributed by atoms with Gasteiger partial charge in [0.15, 0.2) is 11.4 Å². The van der Waals surface area contributed by atoms with Crippen LogP contribution in [0, 0.1) is 0 Å². The molecule has 1 atom stereocenters. The van der Waals surface area contributed by atoms with Crippen molar-refractivity contribution in [1.82, 2.24) is 14.3 Å². The molecule has 1 fully saturated rings. The van der Waals surface area contributed by atoms with E-state index in [4.69, 9.17) is 19.2 Å². The Labute approximate surface area is 252 Å². The van der Waals surface area contributed by atoms with Crippen molar-refractivity contribution in [2.75, 3.05) is 45.3 Å². The topological polar surface area (TPSA) is 68.5 Å². The lowest BCUT2D eigenvalue weighted by atomic mass is 9.91. The molecule has 5 aromatic rings. The van der Waals surface area contributed by atoms with Crippen molar-refractivity contribution < 1.29 is 19.0 Å². The van der Waals surface area contributed by atoms with Crippen LogP contribution in [0.5, 0.6) is 17.2 Å². The number of ether oxygens (including phenoxy) is 3. The monoisotopic (exact) mass is 576 g/mol. The summed E-state index contributed by atoms with van der Waals surface area (Å²) in [5.41, 5.74) is 4.79. The number of piperazine rings is 1. The Balaban J connectivity index is 1.24. The van der Waals surface area contributed by atoms with E-state index in [1.54, 1.807) is 14.2 Å². The van der Waals surface area contributed by atoms with Gasteiger partial charge in [-0.3, -0.25) is 4.79 Å². The number of nitrogens with zero attached hydrogens (tertiary/aromatic N) is 4. The minimum absolute atomic E-state index is 0.110. The molecule has 3 heterocycles. The van der Waals surface area contributed by atoms with E-state index in [1.165, 1.54) is 0 Å². The first-order valence-electron chi connectivity index (χ1n) is 14.6. The average molecular weight is 577 g/mol. The van der Waals surface area contributed by atoms with E-state index in [9.17, 15) is 4.79 Å². The standard InChI is InChI=1S/C35H36N4O4/c1-41-28-13-8-12-27(22-28)29(23-34(40)38-20-18-37(19-21-38)30-14-6-7-15-32(30)42-2)31-24-36-35-33(16-9-17-39(31)35)43-25-26-10-4-3-5-11-26/h3-17,22,24,29H,18-21,23,25H2,1-2H3. The van der Waals surface area contributed by atoms with E-state index in [2.05, 4.69) is 17.0 Å². The first-order valence-corrected chi connectivity index (χ1v) is 14.6. The third-order valence-corrected chi connectivity index (χ3v) is 8.06. The number of amides is 1. The third kappa shape index (κ3) is 6.14. The minimum atomic E-state index is -0.228. The van der Waals surface area contributed by atoms with Crippen LogP contribution in [-0.4, -0.2) is 60.6 Å². The summed E-state index contributed by atoms with van der Waals surface area (Å²) in [6.07, 6.45) is 4.16. The predicted octanol–water partition coefficient (Wildman–Crippen LogP) is 5.80. The number of carbonyl (C=O) groups excluding carboxylic acids is 1. The molecule has 1 aliphatic rings. The van der Waals surface area contributed by atoms with E-state index in [0.29, 0.717) is 31.9 Å². The zero-order valence-corrected chi connectivity index (χ0v) is 24.6. The second-order valence-corrected chi connectivity index (χ2v) is 10.6. The van der Waals surface area contributed by atoms with Gasteiger partial charge in [-0.15, -0.1) is 0 Å². The Morgan fingerprint density at radius 3 is 2.40 bits per heavy atom. The Morgan fingerprint density at radius 2 is 1.60 bits per heavy atom. The summed E-state index contributed by atoms with van der Waals surface area (Å²) < 4.78 is 19.3. The maximum atomic E-state index is 13.9. The molecular weight excluding hydrogens is 540 g/mol. The fourth-order valence-electron chi connectivity index (χ4n) is 5.75. The number of carbonyl (C=O) groups is 1. The molecule has 1 aliphatic heterocycles. The SMILES string of the molecule is COc1cccc(C(CC(=O)N2CCN(c3ccccc3OC)CC2)c2cnc3c(OCc4ccccc4)cccn23)c1.